The van der Waals surface area contributed by atoms with Crippen LogP contribution in [-0.4, -0.2) is 64.2 Å². The van der Waals surface area contributed by atoms with Crippen LogP contribution in [-0.2, 0) is 18.9 Å². The molecular formula is C21H44O7. The van der Waals surface area contributed by atoms with Crippen molar-refractivity contribution in [3.05, 3.63) is 0 Å². The molecule has 0 aromatic rings. The Hall–Kier alpha value is -0.280. The van der Waals surface area contributed by atoms with Crippen LogP contribution in [0.15, 0.2) is 0 Å². The highest BCUT2D eigenvalue weighted by molar-refractivity contribution is 4.86. The predicted octanol–water partition coefficient (Wildman–Crippen LogP) is 3.19. The quantitative estimate of drug-likeness (QED) is 0.380. The van der Waals surface area contributed by atoms with Crippen molar-refractivity contribution in [2.75, 3.05) is 0 Å². The molecule has 0 aliphatic heterocycles. The molecule has 0 amide bonds. The lowest BCUT2D eigenvalue weighted by molar-refractivity contribution is -0.461. The number of aliphatic hydroxyl groups excluding tert-OH is 2. The third-order valence-corrected chi connectivity index (χ3v) is 5.31. The minimum atomic E-state index is -2.09. The van der Waals surface area contributed by atoms with E-state index in [4.69, 9.17) is 18.9 Å². The molecule has 0 aliphatic carbocycles. The summed E-state index contributed by atoms with van der Waals surface area (Å²) in [5.74, 6) is -2.09. The number of hydrogen-bond donors (Lipinski definition) is 3. The highest BCUT2D eigenvalue weighted by atomic mass is 16.8. The fourth-order valence-corrected chi connectivity index (χ4v) is 2.18. The van der Waals surface area contributed by atoms with Gasteiger partial charge in [-0.1, -0.05) is 13.8 Å². The first kappa shape index (κ1) is 27.7. The normalized spacial score (nSPS) is 22.6. The molecule has 0 aromatic heterocycles. The summed E-state index contributed by atoms with van der Waals surface area (Å²) in [6.07, 6.45) is -2.73. The molecule has 8 unspecified atom stereocenters. The molecule has 7 heteroatoms. The van der Waals surface area contributed by atoms with Gasteiger partial charge in [-0.15, -0.1) is 0 Å². The van der Waals surface area contributed by atoms with Crippen molar-refractivity contribution in [2.24, 2.45) is 5.41 Å². The van der Waals surface area contributed by atoms with E-state index in [2.05, 4.69) is 0 Å². The summed E-state index contributed by atoms with van der Waals surface area (Å²) < 4.78 is 23.8. The van der Waals surface area contributed by atoms with Gasteiger partial charge >= 0.3 is 0 Å². The first-order chi connectivity index (χ1) is 12.7. The van der Waals surface area contributed by atoms with E-state index in [0.717, 1.165) is 6.42 Å². The number of rotatable bonds is 14. The van der Waals surface area contributed by atoms with E-state index in [1.165, 1.54) is 0 Å². The van der Waals surface area contributed by atoms with E-state index >= 15 is 0 Å². The Bertz CT molecular complexity index is 427. The van der Waals surface area contributed by atoms with Crippen molar-refractivity contribution in [3.63, 3.8) is 0 Å². The Kier molecular flexibility index (Phi) is 11.7. The topological polar surface area (TPSA) is 97.6 Å². The smallest absolute Gasteiger partial charge is 0.291 e. The molecule has 170 valence electrons. The van der Waals surface area contributed by atoms with Crippen LogP contribution in [0.3, 0.4) is 0 Å². The molecule has 28 heavy (non-hydrogen) atoms. The first-order valence-electron chi connectivity index (χ1n) is 10.5. The number of ether oxygens (including phenoxy) is 4. The Morgan fingerprint density at radius 1 is 0.714 bits per heavy atom. The van der Waals surface area contributed by atoms with Crippen LogP contribution in [0.1, 0.15) is 82.1 Å². The SMILES string of the molecule is CCC(C)OC(OC(C)C(C)O)C(C)(C)C(O)(OC(C)CC)OC(C)C(C)O. The molecule has 0 saturated carbocycles. The molecule has 3 N–H and O–H groups in total. The monoisotopic (exact) mass is 408 g/mol. The second kappa shape index (κ2) is 11.8. The maximum absolute atomic E-state index is 11.5. The fourth-order valence-electron chi connectivity index (χ4n) is 2.18. The lowest BCUT2D eigenvalue weighted by Gasteiger charge is -2.48. The minimum absolute atomic E-state index is 0.146. The van der Waals surface area contributed by atoms with Crippen molar-refractivity contribution < 1.29 is 34.3 Å². The van der Waals surface area contributed by atoms with Gasteiger partial charge in [0.25, 0.3) is 5.97 Å². The predicted molar refractivity (Wildman–Crippen MR) is 109 cm³/mol. The molecule has 0 heterocycles. The van der Waals surface area contributed by atoms with Crippen LogP contribution < -0.4 is 0 Å². The lowest BCUT2D eigenvalue weighted by Crippen LogP contribution is -2.60. The van der Waals surface area contributed by atoms with Crippen LogP contribution in [0.4, 0.5) is 0 Å². The summed E-state index contributed by atoms with van der Waals surface area (Å²) in [5.41, 5.74) is -1.19. The molecule has 7 nitrogen and oxygen atoms in total. The maximum Gasteiger partial charge on any atom is 0.291 e. The largest absolute Gasteiger partial charge is 0.391 e. The molecule has 0 bridgehead atoms. The van der Waals surface area contributed by atoms with E-state index in [1.807, 2.05) is 27.7 Å². The van der Waals surface area contributed by atoms with Crippen molar-refractivity contribution in [3.8, 4) is 0 Å². The summed E-state index contributed by atoms with van der Waals surface area (Å²) in [6, 6.07) is 0. The van der Waals surface area contributed by atoms with Gasteiger partial charge < -0.3 is 34.3 Å². The van der Waals surface area contributed by atoms with Crippen molar-refractivity contribution in [1.29, 1.82) is 0 Å². The van der Waals surface area contributed by atoms with Crippen molar-refractivity contribution >= 4 is 0 Å². The minimum Gasteiger partial charge on any atom is -0.391 e. The van der Waals surface area contributed by atoms with Gasteiger partial charge in [-0.25, -0.2) is 0 Å². The van der Waals surface area contributed by atoms with Gasteiger partial charge in [0.1, 0.15) is 0 Å². The van der Waals surface area contributed by atoms with Crippen molar-refractivity contribution in [2.45, 2.75) is 131 Å². The van der Waals surface area contributed by atoms with E-state index in [9.17, 15) is 15.3 Å². The zero-order valence-corrected chi connectivity index (χ0v) is 19.4. The van der Waals surface area contributed by atoms with Crippen LogP contribution in [0.5, 0.6) is 0 Å². The van der Waals surface area contributed by atoms with Crippen LogP contribution in [0.2, 0.25) is 0 Å². The van der Waals surface area contributed by atoms with Gasteiger partial charge in [0, 0.05) is 0 Å². The highest BCUT2D eigenvalue weighted by Gasteiger charge is 2.55. The molecule has 0 saturated heterocycles. The lowest BCUT2D eigenvalue weighted by atomic mass is 9.88. The molecule has 8 atom stereocenters. The van der Waals surface area contributed by atoms with Gasteiger partial charge in [-0.2, -0.15) is 0 Å². The van der Waals surface area contributed by atoms with Crippen LogP contribution >= 0.6 is 0 Å². The molecule has 0 aliphatic rings. The third kappa shape index (κ3) is 7.86. The maximum atomic E-state index is 11.5. The van der Waals surface area contributed by atoms with Crippen LogP contribution in [0, 0.1) is 5.41 Å². The Labute approximate surface area is 171 Å². The summed E-state index contributed by atoms with van der Waals surface area (Å²) in [7, 11) is 0. The van der Waals surface area contributed by atoms with Crippen molar-refractivity contribution in [1.82, 2.24) is 0 Å². The summed E-state index contributed by atoms with van der Waals surface area (Å²) >= 11 is 0. The zero-order chi connectivity index (χ0) is 22.3. The van der Waals surface area contributed by atoms with Gasteiger partial charge in [0.15, 0.2) is 6.29 Å². The van der Waals surface area contributed by atoms with E-state index in [-0.39, 0.29) is 12.2 Å². The molecule has 0 aromatic carbocycles. The molecule has 0 spiro atoms. The molecule has 0 radical (unpaired) electrons. The average molecular weight is 409 g/mol. The van der Waals surface area contributed by atoms with Crippen LogP contribution in [0.25, 0.3) is 0 Å². The zero-order valence-electron chi connectivity index (χ0n) is 19.4. The Morgan fingerprint density at radius 2 is 1.18 bits per heavy atom. The number of hydrogen-bond acceptors (Lipinski definition) is 7. The van der Waals surface area contributed by atoms with E-state index in [1.54, 1.807) is 41.5 Å². The fraction of sp³-hybridized carbons (Fsp3) is 1.00. The van der Waals surface area contributed by atoms with Gasteiger partial charge in [-0.3, -0.25) is 0 Å². The van der Waals surface area contributed by atoms with Gasteiger partial charge in [-0.05, 0) is 68.2 Å². The number of aliphatic hydroxyl groups is 3. The highest BCUT2D eigenvalue weighted by Crippen LogP contribution is 2.42. The molecular weight excluding hydrogens is 364 g/mol. The second-order valence-electron chi connectivity index (χ2n) is 8.47. The van der Waals surface area contributed by atoms with Gasteiger partial charge in [0.2, 0.25) is 0 Å². The molecule has 0 fully saturated rings. The Balaban J connectivity index is 5.98. The Morgan fingerprint density at radius 3 is 1.57 bits per heavy atom. The van der Waals surface area contributed by atoms with E-state index in [0.29, 0.717) is 6.42 Å². The summed E-state index contributed by atoms with van der Waals surface area (Å²) in [6.45, 7) is 17.7. The summed E-state index contributed by atoms with van der Waals surface area (Å²) in [5, 5.41) is 31.3. The molecule has 0 rings (SSSR count). The first-order valence-corrected chi connectivity index (χ1v) is 10.5. The second-order valence-corrected chi connectivity index (χ2v) is 8.47. The standard InChI is InChI=1S/C21H44O7/c1-11-13(3)25-19(26-17(7)15(5)22)20(9,10)21(24,27-14(4)12-2)28-18(8)16(6)23/h13-19,22-24H,11-12H2,1-10H3. The average Bonchev–Trinajstić information content (AvgIpc) is 2.59. The summed E-state index contributed by atoms with van der Waals surface area (Å²) in [4.78, 5) is 0. The van der Waals surface area contributed by atoms with E-state index < -0.39 is 42.1 Å². The third-order valence-electron chi connectivity index (χ3n) is 5.31. The van der Waals surface area contributed by atoms with Gasteiger partial charge in [0.05, 0.1) is 42.0 Å².